The van der Waals surface area contributed by atoms with E-state index in [-0.39, 0.29) is 6.10 Å². The number of hydrogen-bond acceptors (Lipinski definition) is 3. The maximum atomic E-state index is 10.5. The van der Waals surface area contributed by atoms with Crippen LogP contribution in [0.25, 0.3) is 0 Å². The molecule has 0 aliphatic carbocycles. The van der Waals surface area contributed by atoms with Gasteiger partial charge >= 0.3 is 0 Å². The van der Waals surface area contributed by atoms with E-state index in [1.807, 2.05) is 41.1 Å². The Bertz CT molecular complexity index is 426. The zero-order valence-corrected chi connectivity index (χ0v) is 8.69. The normalized spacial score (nSPS) is 12.0. The molecule has 0 unspecified atom stereocenters. The highest BCUT2D eigenvalue weighted by Crippen LogP contribution is 2.18. The van der Waals surface area contributed by atoms with E-state index in [9.17, 15) is 4.79 Å². The van der Waals surface area contributed by atoms with E-state index in [0.29, 0.717) is 13.0 Å². The Hall–Kier alpha value is -2.10. The van der Waals surface area contributed by atoms with Crippen LogP contribution in [-0.4, -0.2) is 16.0 Å². The first-order valence-corrected chi connectivity index (χ1v) is 5.00. The molecule has 1 atom stereocenters. The summed E-state index contributed by atoms with van der Waals surface area (Å²) >= 11 is 0. The van der Waals surface area contributed by atoms with Gasteiger partial charge in [-0.2, -0.15) is 0 Å². The topological polar surface area (TPSA) is 44.1 Å². The van der Waals surface area contributed by atoms with Crippen molar-refractivity contribution in [3.63, 3.8) is 0 Å². The number of imidazole rings is 1. The molecule has 0 N–H and O–H groups in total. The van der Waals surface area contributed by atoms with Crippen molar-refractivity contribution < 1.29 is 9.53 Å². The molecule has 16 heavy (non-hydrogen) atoms. The van der Waals surface area contributed by atoms with E-state index >= 15 is 0 Å². The fraction of sp³-hybridized carbons (Fsp3) is 0.167. The second kappa shape index (κ2) is 5.11. The smallest absolute Gasteiger partial charge is 0.293 e. The van der Waals surface area contributed by atoms with E-state index in [1.54, 1.807) is 12.5 Å². The molecule has 0 amide bonds. The van der Waals surface area contributed by atoms with Crippen LogP contribution in [0, 0.1) is 0 Å². The van der Waals surface area contributed by atoms with E-state index in [4.69, 9.17) is 4.74 Å². The van der Waals surface area contributed by atoms with Gasteiger partial charge < -0.3 is 9.30 Å². The number of nitrogens with zero attached hydrogens (tertiary/aromatic N) is 2. The van der Waals surface area contributed by atoms with Gasteiger partial charge in [-0.1, -0.05) is 30.3 Å². The highest BCUT2D eigenvalue weighted by atomic mass is 16.5. The molecule has 0 saturated heterocycles. The first kappa shape index (κ1) is 10.4. The number of carbonyl (C=O) groups excluding carboxylic acids is 1. The molecule has 1 aromatic carbocycles. The predicted octanol–water partition coefficient (Wildman–Crippen LogP) is 1.80. The van der Waals surface area contributed by atoms with Gasteiger partial charge in [-0.15, -0.1) is 0 Å². The van der Waals surface area contributed by atoms with Gasteiger partial charge in [0.15, 0.2) is 0 Å². The van der Waals surface area contributed by atoms with Crippen LogP contribution >= 0.6 is 0 Å². The first-order valence-electron chi connectivity index (χ1n) is 5.00. The van der Waals surface area contributed by atoms with Gasteiger partial charge in [-0.05, 0) is 5.56 Å². The third-order valence-corrected chi connectivity index (χ3v) is 2.33. The third-order valence-electron chi connectivity index (χ3n) is 2.33. The van der Waals surface area contributed by atoms with Crippen molar-refractivity contribution in [2.24, 2.45) is 0 Å². The van der Waals surface area contributed by atoms with Crippen LogP contribution in [0.3, 0.4) is 0 Å². The zero-order chi connectivity index (χ0) is 11.2. The maximum Gasteiger partial charge on any atom is 0.293 e. The van der Waals surface area contributed by atoms with Crippen LogP contribution in [0.4, 0.5) is 0 Å². The summed E-state index contributed by atoms with van der Waals surface area (Å²) in [6.07, 6.45) is 4.96. The summed E-state index contributed by atoms with van der Waals surface area (Å²) < 4.78 is 6.95. The summed E-state index contributed by atoms with van der Waals surface area (Å²) in [5.41, 5.74) is 0.975. The van der Waals surface area contributed by atoms with Crippen molar-refractivity contribution in [3.8, 4) is 0 Å². The molecular weight excluding hydrogens is 204 g/mol. The van der Waals surface area contributed by atoms with Crippen molar-refractivity contribution in [2.75, 3.05) is 0 Å². The molecule has 1 aromatic heterocycles. The largest absolute Gasteiger partial charge is 0.458 e. The lowest BCUT2D eigenvalue weighted by atomic mass is 10.1. The summed E-state index contributed by atoms with van der Waals surface area (Å²) in [5.74, 6) is 0. The van der Waals surface area contributed by atoms with Crippen LogP contribution in [0.2, 0.25) is 0 Å². The second-order valence-corrected chi connectivity index (χ2v) is 3.39. The minimum atomic E-state index is -0.270. The van der Waals surface area contributed by atoms with Crippen LogP contribution in [-0.2, 0) is 16.1 Å². The van der Waals surface area contributed by atoms with Crippen LogP contribution in [0.5, 0.6) is 0 Å². The molecule has 0 aliphatic rings. The molecule has 1 heterocycles. The number of rotatable bonds is 5. The van der Waals surface area contributed by atoms with Crippen LogP contribution in [0.15, 0.2) is 49.1 Å². The van der Waals surface area contributed by atoms with Crippen LogP contribution < -0.4 is 0 Å². The molecule has 82 valence electrons. The lowest BCUT2D eigenvalue weighted by Gasteiger charge is -2.15. The van der Waals surface area contributed by atoms with Crippen molar-refractivity contribution in [2.45, 2.75) is 12.6 Å². The third kappa shape index (κ3) is 2.48. The molecular formula is C12H12N2O2. The summed E-state index contributed by atoms with van der Waals surface area (Å²) in [4.78, 5) is 14.4. The summed E-state index contributed by atoms with van der Waals surface area (Å²) in [6, 6.07) is 9.64. The fourth-order valence-corrected chi connectivity index (χ4v) is 1.55. The molecule has 4 nitrogen and oxygen atoms in total. The SMILES string of the molecule is O=CO[C@@H](Cn1ccnc1)c1ccccc1. The van der Waals surface area contributed by atoms with Gasteiger partial charge in [-0.25, -0.2) is 4.98 Å². The quantitative estimate of drug-likeness (QED) is 0.716. The average Bonchev–Trinajstić information content (AvgIpc) is 2.83. The molecule has 4 heteroatoms. The van der Waals surface area contributed by atoms with E-state index in [1.165, 1.54) is 0 Å². The Morgan fingerprint density at radius 3 is 2.81 bits per heavy atom. The van der Waals surface area contributed by atoms with Gasteiger partial charge in [0.1, 0.15) is 6.10 Å². The lowest BCUT2D eigenvalue weighted by molar-refractivity contribution is -0.134. The summed E-state index contributed by atoms with van der Waals surface area (Å²) in [6.45, 7) is 1.05. The molecule has 0 aliphatic heterocycles. The Kier molecular flexibility index (Phi) is 3.33. The Morgan fingerprint density at radius 1 is 1.38 bits per heavy atom. The van der Waals surface area contributed by atoms with Crippen molar-refractivity contribution >= 4 is 6.47 Å². The molecule has 0 radical (unpaired) electrons. The standard InChI is InChI=1S/C12H12N2O2/c15-10-16-12(8-14-7-6-13-9-14)11-4-2-1-3-5-11/h1-7,9-10,12H,8H2/t12-/m0/s1. The minimum absolute atomic E-state index is 0.270. The van der Waals surface area contributed by atoms with E-state index in [2.05, 4.69) is 4.98 Å². The monoisotopic (exact) mass is 216 g/mol. The molecule has 2 aromatic rings. The fourth-order valence-electron chi connectivity index (χ4n) is 1.55. The van der Waals surface area contributed by atoms with E-state index < -0.39 is 0 Å². The maximum absolute atomic E-state index is 10.5. The molecule has 0 spiro atoms. The van der Waals surface area contributed by atoms with Gasteiger partial charge in [0, 0.05) is 12.4 Å². The lowest BCUT2D eigenvalue weighted by Crippen LogP contribution is -2.11. The average molecular weight is 216 g/mol. The Labute approximate surface area is 93.5 Å². The summed E-state index contributed by atoms with van der Waals surface area (Å²) in [7, 11) is 0. The highest BCUT2D eigenvalue weighted by molar-refractivity contribution is 5.38. The highest BCUT2D eigenvalue weighted by Gasteiger charge is 2.12. The number of aromatic nitrogens is 2. The molecule has 2 rings (SSSR count). The van der Waals surface area contributed by atoms with E-state index in [0.717, 1.165) is 5.56 Å². The number of carbonyl (C=O) groups is 1. The van der Waals surface area contributed by atoms with Gasteiger partial charge in [-0.3, -0.25) is 4.79 Å². The van der Waals surface area contributed by atoms with Crippen LogP contribution in [0.1, 0.15) is 11.7 Å². The molecule has 0 bridgehead atoms. The molecule has 0 saturated carbocycles. The number of hydrogen-bond donors (Lipinski definition) is 0. The first-order chi connectivity index (χ1) is 7.90. The Balaban J connectivity index is 2.14. The number of ether oxygens (including phenoxy) is 1. The zero-order valence-electron chi connectivity index (χ0n) is 8.69. The van der Waals surface area contributed by atoms with Crippen molar-refractivity contribution in [1.29, 1.82) is 0 Å². The van der Waals surface area contributed by atoms with Crippen molar-refractivity contribution in [3.05, 3.63) is 54.6 Å². The molecule has 0 fully saturated rings. The minimum Gasteiger partial charge on any atom is -0.458 e. The van der Waals surface area contributed by atoms with Gasteiger partial charge in [0.25, 0.3) is 6.47 Å². The number of benzene rings is 1. The van der Waals surface area contributed by atoms with Gasteiger partial charge in [0.2, 0.25) is 0 Å². The predicted molar refractivity (Wildman–Crippen MR) is 58.6 cm³/mol. The second-order valence-electron chi connectivity index (χ2n) is 3.39. The van der Waals surface area contributed by atoms with Gasteiger partial charge in [0.05, 0.1) is 12.9 Å². The summed E-state index contributed by atoms with van der Waals surface area (Å²) in [5, 5.41) is 0. The van der Waals surface area contributed by atoms with Crippen molar-refractivity contribution in [1.82, 2.24) is 9.55 Å². The Morgan fingerprint density at radius 2 is 2.19 bits per heavy atom.